The van der Waals surface area contributed by atoms with E-state index in [4.69, 9.17) is 0 Å². The molecule has 1 aliphatic heterocycles. The molecule has 0 amide bonds. The smallest absolute Gasteiger partial charge is 0.0698 e. The number of benzene rings is 1. The van der Waals surface area contributed by atoms with E-state index < -0.39 is 12.0 Å². The average molecular weight is 214 g/mol. The van der Waals surface area contributed by atoms with Crippen LogP contribution in [-0.4, -0.2) is 12.0 Å². The fourth-order valence-electron chi connectivity index (χ4n) is 2.78. The van der Waals surface area contributed by atoms with E-state index in [1.165, 1.54) is 5.56 Å². The van der Waals surface area contributed by atoms with Crippen LogP contribution in [0.2, 0.25) is 0 Å². The van der Waals surface area contributed by atoms with E-state index in [2.05, 4.69) is 23.5 Å². The van der Waals surface area contributed by atoms with Gasteiger partial charge in [-0.3, -0.25) is 0 Å². The van der Waals surface area contributed by atoms with Crippen LogP contribution in [0.5, 0.6) is 0 Å². The molecule has 3 atom stereocenters. The molecule has 0 saturated heterocycles. The summed E-state index contributed by atoms with van der Waals surface area (Å²) in [6.45, 7) is 0. The second kappa shape index (κ2) is 3.37. The van der Waals surface area contributed by atoms with Crippen LogP contribution in [0, 0.1) is 5.92 Å². The Kier molecular flexibility index (Phi) is 1.99. The van der Waals surface area contributed by atoms with Crippen molar-refractivity contribution < 1.29 is 9.90 Å². The molecule has 0 fully saturated rings. The first kappa shape index (κ1) is 9.46. The third kappa shape index (κ3) is 1.24. The van der Waals surface area contributed by atoms with Gasteiger partial charge in [0, 0.05) is 11.6 Å². The van der Waals surface area contributed by atoms with Crippen LogP contribution >= 0.6 is 0 Å². The third-order valence-electron chi connectivity index (χ3n) is 3.53. The van der Waals surface area contributed by atoms with Gasteiger partial charge in [0.15, 0.2) is 0 Å². The molecule has 1 heterocycles. The van der Waals surface area contributed by atoms with E-state index in [0.29, 0.717) is 0 Å². The van der Waals surface area contributed by atoms with Crippen LogP contribution < -0.4 is 10.4 Å². The Hall–Kier alpha value is -1.77. The van der Waals surface area contributed by atoms with Crippen molar-refractivity contribution in [3.8, 4) is 0 Å². The maximum absolute atomic E-state index is 11.1. The summed E-state index contributed by atoms with van der Waals surface area (Å²) in [6.07, 6.45) is 4.99. The zero-order chi connectivity index (χ0) is 11.1. The Morgan fingerprint density at radius 1 is 1.38 bits per heavy atom. The maximum atomic E-state index is 11.1. The highest BCUT2D eigenvalue weighted by Gasteiger charge is 2.37. The standard InChI is InChI=1S/C13H13NO2/c15-13(16)12-10-6-3-5-8(10)9-4-1-2-7-11(9)14-12/h1-5,7-8,10,12,14H,6H2,(H,15,16)/p-1/t8-,10+,12+/m0/s1. The summed E-state index contributed by atoms with van der Waals surface area (Å²) in [5.74, 6) is -0.687. The summed E-state index contributed by atoms with van der Waals surface area (Å²) < 4.78 is 0. The second-order valence-electron chi connectivity index (χ2n) is 4.38. The summed E-state index contributed by atoms with van der Waals surface area (Å²) in [5.41, 5.74) is 2.11. The van der Waals surface area contributed by atoms with Crippen LogP contribution in [0.3, 0.4) is 0 Å². The van der Waals surface area contributed by atoms with E-state index in [-0.39, 0.29) is 11.8 Å². The van der Waals surface area contributed by atoms with Crippen molar-refractivity contribution in [3.63, 3.8) is 0 Å². The van der Waals surface area contributed by atoms with Gasteiger partial charge in [-0.2, -0.15) is 0 Å². The Morgan fingerprint density at radius 3 is 3.00 bits per heavy atom. The molecule has 0 unspecified atom stereocenters. The van der Waals surface area contributed by atoms with Gasteiger partial charge in [-0.05, 0) is 24.0 Å². The van der Waals surface area contributed by atoms with Crippen LogP contribution in [0.25, 0.3) is 0 Å². The molecule has 1 aromatic carbocycles. The van der Waals surface area contributed by atoms with Gasteiger partial charge in [-0.1, -0.05) is 30.4 Å². The topological polar surface area (TPSA) is 52.2 Å². The molecule has 1 aromatic rings. The number of anilines is 1. The largest absolute Gasteiger partial charge is 0.548 e. The summed E-state index contributed by atoms with van der Waals surface area (Å²) in [5, 5.41) is 14.2. The van der Waals surface area contributed by atoms with E-state index in [9.17, 15) is 9.90 Å². The predicted octanol–water partition coefficient (Wildman–Crippen LogP) is 0.890. The number of rotatable bonds is 1. The molecule has 82 valence electrons. The fraction of sp³-hybridized carbons (Fsp3) is 0.308. The first-order valence-electron chi connectivity index (χ1n) is 5.50. The lowest BCUT2D eigenvalue weighted by molar-refractivity contribution is -0.308. The van der Waals surface area contributed by atoms with Gasteiger partial charge in [-0.25, -0.2) is 0 Å². The van der Waals surface area contributed by atoms with Gasteiger partial charge >= 0.3 is 0 Å². The molecule has 3 nitrogen and oxygen atoms in total. The van der Waals surface area contributed by atoms with Crippen molar-refractivity contribution in [2.75, 3.05) is 5.32 Å². The highest BCUT2D eigenvalue weighted by Crippen LogP contribution is 2.44. The number of hydrogen-bond acceptors (Lipinski definition) is 3. The summed E-state index contributed by atoms with van der Waals surface area (Å²) >= 11 is 0. The molecule has 1 N–H and O–H groups in total. The SMILES string of the molecule is O=C([O-])[C@@H]1Nc2ccccc2[C@@H]2C=CC[C@@H]12. The number of carboxylic acid groups (broad SMARTS) is 1. The van der Waals surface area contributed by atoms with Crippen molar-refractivity contribution in [2.24, 2.45) is 5.92 Å². The van der Waals surface area contributed by atoms with Crippen molar-refractivity contribution >= 4 is 11.7 Å². The van der Waals surface area contributed by atoms with E-state index in [0.717, 1.165) is 12.1 Å². The number of fused-ring (bicyclic) bond motifs is 3. The first-order valence-corrected chi connectivity index (χ1v) is 5.50. The molecule has 3 heteroatoms. The number of para-hydroxylation sites is 1. The Morgan fingerprint density at radius 2 is 2.19 bits per heavy atom. The van der Waals surface area contributed by atoms with Gasteiger partial charge in [0.05, 0.1) is 12.0 Å². The van der Waals surface area contributed by atoms with Crippen molar-refractivity contribution in [3.05, 3.63) is 42.0 Å². The van der Waals surface area contributed by atoms with Crippen molar-refractivity contribution in [1.29, 1.82) is 0 Å². The predicted molar refractivity (Wildman–Crippen MR) is 58.8 cm³/mol. The lowest BCUT2D eigenvalue weighted by Gasteiger charge is -2.37. The molecule has 2 aliphatic rings. The second-order valence-corrected chi connectivity index (χ2v) is 4.38. The Labute approximate surface area is 93.8 Å². The van der Waals surface area contributed by atoms with Gasteiger partial charge in [0.2, 0.25) is 0 Å². The average Bonchev–Trinajstić information content (AvgIpc) is 2.76. The number of hydrogen-bond donors (Lipinski definition) is 1. The van der Waals surface area contributed by atoms with E-state index in [1.807, 2.05) is 18.2 Å². The highest BCUT2D eigenvalue weighted by atomic mass is 16.4. The van der Waals surface area contributed by atoms with Gasteiger partial charge in [0.25, 0.3) is 0 Å². The summed E-state index contributed by atoms with van der Waals surface area (Å²) in [6, 6.07) is 7.31. The quantitative estimate of drug-likeness (QED) is 0.706. The lowest BCUT2D eigenvalue weighted by Crippen LogP contribution is -2.48. The number of nitrogens with one attached hydrogen (secondary N) is 1. The maximum Gasteiger partial charge on any atom is 0.0698 e. The Bertz CT molecular complexity index is 467. The minimum Gasteiger partial charge on any atom is -0.548 e. The molecule has 3 rings (SSSR count). The van der Waals surface area contributed by atoms with Gasteiger partial charge in [-0.15, -0.1) is 0 Å². The van der Waals surface area contributed by atoms with Crippen molar-refractivity contribution in [1.82, 2.24) is 0 Å². The number of allylic oxidation sites excluding steroid dienone is 2. The molecule has 0 spiro atoms. The number of carboxylic acids is 1. The molecular formula is C13H12NO2-. The first-order chi connectivity index (χ1) is 7.77. The third-order valence-corrected chi connectivity index (χ3v) is 3.53. The van der Waals surface area contributed by atoms with Crippen LogP contribution in [-0.2, 0) is 4.79 Å². The number of aliphatic carboxylic acids is 1. The minimum atomic E-state index is -1.01. The molecule has 0 bridgehead atoms. The van der Waals surface area contributed by atoms with Crippen LogP contribution in [0.4, 0.5) is 5.69 Å². The molecule has 0 aromatic heterocycles. The van der Waals surface area contributed by atoms with Crippen LogP contribution in [0.15, 0.2) is 36.4 Å². The normalized spacial score (nSPS) is 30.4. The monoisotopic (exact) mass is 214 g/mol. The van der Waals surface area contributed by atoms with Gasteiger partial charge in [0.1, 0.15) is 0 Å². The molecule has 0 saturated carbocycles. The lowest BCUT2D eigenvalue weighted by atomic mass is 9.79. The van der Waals surface area contributed by atoms with Crippen molar-refractivity contribution in [2.45, 2.75) is 18.4 Å². The summed E-state index contributed by atoms with van der Waals surface area (Å²) in [7, 11) is 0. The van der Waals surface area contributed by atoms with E-state index in [1.54, 1.807) is 0 Å². The zero-order valence-electron chi connectivity index (χ0n) is 8.72. The van der Waals surface area contributed by atoms with Gasteiger partial charge < -0.3 is 15.2 Å². The minimum absolute atomic E-state index is 0.0971. The highest BCUT2D eigenvalue weighted by molar-refractivity contribution is 5.79. The summed E-state index contributed by atoms with van der Waals surface area (Å²) in [4.78, 5) is 11.1. The molecule has 16 heavy (non-hydrogen) atoms. The molecular weight excluding hydrogens is 202 g/mol. The zero-order valence-corrected chi connectivity index (χ0v) is 8.72. The molecule has 1 aliphatic carbocycles. The number of carbonyl (C=O) groups excluding carboxylic acids is 1. The number of carbonyl (C=O) groups is 1. The Balaban J connectivity index is 2.08. The van der Waals surface area contributed by atoms with Crippen LogP contribution in [0.1, 0.15) is 17.9 Å². The molecule has 0 radical (unpaired) electrons. The van der Waals surface area contributed by atoms with E-state index >= 15 is 0 Å². The fourth-order valence-corrected chi connectivity index (χ4v) is 2.78.